The summed E-state index contributed by atoms with van der Waals surface area (Å²) in [6.07, 6.45) is 1.76. The number of benzene rings is 1. The molecule has 1 radical (unpaired) electrons. The van der Waals surface area contributed by atoms with Crippen LogP contribution >= 0.6 is 15.9 Å². The number of nitrogens with one attached hydrogen (secondary N) is 1. The first-order valence-electron chi connectivity index (χ1n) is 4.06. The molecule has 0 aromatic heterocycles. The molecule has 0 aliphatic rings. The maximum Gasteiger partial charge on any atom is 0.237 e. The smallest absolute Gasteiger partial charge is 0.237 e. The summed E-state index contributed by atoms with van der Waals surface area (Å²) in [4.78, 5) is 21.3. The number of anilines is 1. The molecule has 1 rings (SSSR count). The van der Waals surface area contributed by atoms with Gasteiger partial charge in [-0.1, -0.05) is 28.1 Å². The van der Waals surface area contributed by atoms with Crippen molar-refractivity contribution in [3.63, 3.8) is 0 Å². The average Bonchev–Trinajstić information content (AvgIpc) is 2.18. The monoisotopic (exact) mass is 254 g/mol. The number of hydrogen-bond acceptors (Lipinski definition) is 2. The molecule has 0 fully saturated rings. The standard InChI is InChI=1S/C10H9BrNO2/c1-7(11)10(14)12-9-4-2-3-8(5-9)6-13/h2-5,7H,1H3,(H,12,14). The lowest BCUT2D eigenvalue weighted by molar-refractivity contribution is -0.115. The third kappa shape index (κ3) is 2.96. The summed E-state index contributed by atoms with van der Waals surface area (Å²) in [5.41, 5.74) is 1.02. The second-order valence-electron chi connectivity index (χ2n) is 2.79. The Bertz CT molecular complexity index is 350. The molecule has 0 bridgehead atoms. The Kier molecular flexibility index (Phi) is 3.83. The van der Waals surface area contributed by atoms with E-state index in [4.69, 9.17) is 0 Å². The summed E-state index contributed by atoms with van der Waals surface area (Å²) in [5, 5.41) is 2.65. The minimum atomic E-state index is -0.258. The molecule has 14 heavy (non-hydrogen) atoms. The van der Waals surface area contributed by atoms with E-state index in [-0.39, 0.29) is 10.7 Å². The van der Waals surface area contributed by atoms with Crippen LogP contribution in [0.2, 0.25) is 0 Å². The fourth-order valence-electron chi connectivity index (χ4n) is 0.902. The van der Waals surface area contributed by atoms with Gasteiger partial charge in [-0.05, 0) is 19.1 Å². The van der Waals surface area contributed by atoms with Crippen molar-refractivity contribution in [2.75, 3.05) is 5.32 Å². The van der Waals surface area contributed by atoms with Gasteiger partial charge in [-0.3, -0.25) is 9.59 Å². The average molecular weight is 255 g/mol. The molecule has 0 heterocycles. The van der Waals surface area contributed by atoms with Crippen LogP contribution in [0, 0.1) is 0 Å². The second kappa shape index (κ2) is 4.91. The highest BCUT2D eigenvalue weighted by atomic mass is 79.9. The van der Waals surface area contributed by atoms with Crippen molar-refractivity contribution in [2.24, 2.45) is 0 Å². The maximum absolute atomic E-state index is 11.3. The molecule has 4 heteroatoms. The molecule has 0 spiro atoms. The van der Waals surface area contributed by atoms with Gasteiger partial charge in [0.2, 0.25) is 12.2 Å². The summed E-state index contributed by atoms with van der Waals surface area (Å²) < 4.78 is 0. The van der Waals surface area contributed by atoms with Gasteiger partial charge in [0, 0.05) is 11.3 Å². The van der Waals surface area contributed by atoms with Crippen molar-refractivity contribution in [3.05, 3.63) is 29.8 Å². The van der Waals surface area contributed by atoms with Gasteiger partial charge in [0.15, 0.2) is 0 Å². The van der Waals surface area contributed by atoms with Crippen LogP contribution < -0.4 is 5.32 Å². The predicted molar refractivity (Wildman–Crippen MR) is 58.3 cm³/mol. The van der Waals surface area contributed by atoms with Gasteiger partial charge in [-0.2, -0.15) is 0 Å². The lowest BCUT2D eigenvalue weighted by atomic mass is 10.2. The number of alkyl halides is 1. The predicted octanol–water partition coefficient (Wildman–Crippen LogP) is 1.87. The van der Waals surface area contributed by atoms with Crippen LogP contribution in [0.5, 0.6) is 0 Å². The summed E-state index contributed by atoms with van der Waals surface area (Å²) >= 11 is 3.14. The number of carbonyl (C=O) groups is 1. The molecule has 0 aliphatic heterocycles. The molecule has 1 aromatic carbocycles. The molecule has 1 unspecified atom stereocenters. The van der Waals surface area contributed by atoms with Crippen LogP contribution in [-0.4, -0.2) is 17.0 Å². The van der Waals surface area contributed by atoms with E-state index in [1.165, 1.54) is 0 Å². The lowest BCUT2D eigenvalue weighted by Gasteiger charge is -2.06. The van der Waals surface area contributed by atoms with Crippen LogP contribution in [0.15, 0.2) is 24.3 Å². The van der Waals surface area contributed by atoms with E-state index in [1.54, 1.807) is 37.5 Å². The number of carbonyl (C=O) groups excluding carboxylic acids is 2. The molecule has 73 valence electrons. The summed E-state index contributed by atoms with van der Waals surface area (Å²) in [7, 11) is 0. The second-order valence-corrected chi connectivity index (χ2v) is 4.16. The fraction of sp³-hybridized carbons (Fsp3) is 0.200. The van der Waals surface area contributed by atoms with E-state index in [9.17, 15) is 9.59 Å². The fourth-order valence-corrected chi connectivity index (χ4v) is 1.02. The van der Waals surface area contributed by atoms with Gasteiger partial charge in [-0.15, -0.1) is 0 Å². The van der Waals surface area contributed by atoms with Gasteiger partial charge in [0.05, 0.1) is 4.83 Å². The Labute approximate surface area is 90.6 Å². The van der Waals surface area contributed by atoms with Gasteiger partial charge in [-0.25, -0.2) is 0 Å². The Hall–Kier alpha value is -1.16. The van der Waals surface area contributed by atoms with Crippen molar-refractivity contribution in [1.29, 1.82) is 0 Å². The highest BCUT2D eigenvalue weighted by Gasteiger charge is 2.08. The molecular weight excluding hydrogens is 246 g/mol. The largest absolute Gasteiger partial charge is 0.325 e. The Morgan fingerprint density at radius 1 is 1.57 bits per heavy atom. The summed E-state index contributed by atoms with van der Waals surface area (Å²) in [6.45, 7) is 1.73. The summed E-state index contributed by atoms with van der Waals surface area (Å²) in [6, 6.07) is 6.60. The van der Waals surface area contributed by atoms with Crippen molar-refractivity contribution >= 4 is 33.8 Å². The Balaban J connectivity index is 2.76. The van der Waals surface area contributed by atoms with Crippen LogP contribution in [0.1, 0.15) is 12.5 Å². The Morgan fingerprint density at radius 2 is 2.29 bits per heavy atom. The van der Waals surface area contributed by atoms with Crippen molar-refractivity contribution in [2.45, 2.75) is 11.8 Å². The van der Waals surface area contributed by atoms with Crippen LogP contribution in [0.4, 0.5) is 5.69 Å². The SMILES string of the molecule is CC(Br)C(=O)Nc1cccc([C]=O)c1. The molecule has 0 aliphatic carbocycles. The van der Waals surface area contributed by atoms with Gasteiger partial charge in [0.1, 0.15) is 0 Å². The molecule has 0 saturated heterocycles. The third-order valence-electron chi connectivity index (χ3n) is 1.61. The minimum absolute atomic E-state index is 0.145. The first-order chi connectivity index (χ1) is 6.63. The quantitative estimate of drug-likeness (QED) is 0.838. The molecule has 1 aromatic rings. The Morgan fingerprint density at radius 3 is 2.86 bits per heavy atom. The van der Waals surface area contributed by atoms with Crippen LogP contribution in [-0.2, 0) is 9.59 Å². The normalized spacial score (nSPS) is 11.9. The zero-order valence-corrected chi connectivity index (χ0v) is 9.17. The first-order valence-corrected chi connectivity index (χ1v) is 4.98. The van der Waals surface area contributed by atoms with Crippen molar-refractivity contribution < 1.29 is 9.59 Å². The molecule has 3 nitrogen and oxygen atoms in total. The highest BCUT2D eigenvalue weighted by molar-refractivity contribution is 9.10. The number of hydrogen-bond donors (Lipinski definition) is 1. The van der Waals surface area contributed by atoms with E-state index in [2.05, 4.69) is 21.2 Å². The van der Waals surface area contributed by atoms with Crippen molar-refractivity contribution in [3.8, 4) is 0 Å². The van der Waals surface area contributed by atoms with Crippen molar-refractivity contribution in [1.82, 2.24) is 0 Å². The van der Waals surface area contributed by atoms with E-state index >= 15 is 0 Å². The lowest BCUT2D eigenvalue weighted by Crippen LogP contribution is -2.19. The number of amides is 1. The highest BCUT2D eigenvalue weighted by Crippen LogP contribution is 2.10. The van der Waals surface area contributed by atoms with E-state index in [1.807, 2.05) is 0 Å². The third-order valence-corrected chi connectivity index (χ3v) is 2.03. The van der Waals surface area contributed by atoms with Gasteiger partial charge in [0.25, 0.3) is 0 Å². The molecular formula is C10H9BrNO2. The van der Waals surface area contributed by atoms with E-state index in [0.29, 0.717) is 11.3 Å². The number of rotatable bonds is 3. The minimum Gasteiger partial charge on any atom is -0.325 e. The zero-order chi connectivity index (χ0) is 10.6. The first kappa shape index (κ1) is 10.9. The van der Waals surface area contributed by atoms with Gasteiger partial charge < -0.3 is 5.32 Å². The van der Waals surface area contributed by atoms with Gasteiger partial charge >= 0.3 is 0 Å². The van der Waals surface area contributed by atoms with E-state index in [0.717, 1.165) is 0 Å². The zero-order valence-electron chi connectivity index (χ0n) is 7.58. The molecule has 1 amide bonds. The van der Waals surface area contributed by atoms with Crippen LogP contribution in [0.25, 0.3) is 0 Å². The molecule has 1 N–H and O–H groups in total. The maximum atomic E-state index is 11.3. The number of halogens is 1. The molecule has 0 saturated carbocycles. The van der Waals surface area contributed by atoms with Crippen LogP contribution in [0.3, 0.4) is 0 Å². The summed E-state index contributed by atoms with van der Waals surface area (Å²) in [5.74, 6) is -0.145. The van der Waals surface area contributed by atoms with E-state index < -0.39 is 0 Å². The molecule has 1 atom stereocenters. The topological polar surface area (TPSA) is 46.2 Å².